The minimum Gasteiger partial charge on any atom is -0.414 e. The quantitative estimate of drug-likeness (QED) is 0.148. The van der Waals surface area contributed by atoms with Crippen molar-refractivity contribution in [2.24, 2.45) is 34.5 Å². The van der Waals surface area contributed by atoms with Crippen molar-refractivity contribution in [3.63, 3.8) is 0 Å². The van der Waals surface area contributed by atoms with E-state index < -0.39 is 22.2 Å². The zero-order valence-corrected chi connectivity index (χ0v) is 34.4. The molecule has 0 aromatic rings. The zero-order valence-electron chi connectivity index (χ0n) is 32.4. The van der Waals surface area contributed by atoms with Crippen LogP contribution in [0.2, 0.25) is 36.3 Å². The minimum atomic E-state index is -1.87. The molecule has 2 unspecified atom stereocenters. The summed E-state index contributed by atoms with van der Waals surface area (Å²) in [6, 6.07) is 0. The van der Waals surface area contributed by atoms with Gasteiger partial charge in [-0.15, -0.1) is 0 Å². The van der Waals surface area contributed by atoms with Crippen molar-refractivity contribution < 1.29 is 8.85 Å². The topological polar surface area (TPSA) is 18.5 Å². The summed E-state index contributed by atoms with van der Waals surface area (Å²) in [5, 5.41) is 0.452. The van der Waals surface area contributed by atoms with E-state index in [0.717, 1.165) is 12.8 Å². The van der Waals surface area contributed by atoms with Gasteiger partial charge < -0.3 is 8.85 Å². The van der Waals surface area contributed by atoms with E-state index in [0.29, 0.717) is 35.2 Å². The van der Waals surface area contributed by atoms with Gasteiger partial charge in [-0.25, -0.2) is 0 Å². The van der Waals surface area contributed by atoms with E-state index in [4.69, 9.17) is 8.85 Å². The molecule has 0 aromatic heterocycles. The van der Waals surface area contributed by atoms with Crippen molar-refractivity contribution in [3.8, 4) is 11.8 Å². The Hall–Kier alpha value is -0.866. The SMILES string of the molecule is CC(C)C(C)(C)[Si](C)(C)O[C@H]1CC[C@@]2(C)C(=CC=C3C2CC[C@]2(C)C([C@H](C)CC#CC(C)(C)O[Si](C)(C)C(C)(C)C)=CCC32)C1. The Labute approximate surface area is 281 Å². The van der Waals surface area contributed by atoms with Crippen molar-refractivity contribution in [1.29, 1.82) is 0 Å². The Morgan fingerprint density at radius 3 is 2.09 bits per heavy atom. The highest BCUT2D eigenvalue weighted by atomic mass is 28.4. The van der Waals surface area contributed by atoms with Gasteiger partial charge in [0.05, 0.1) is 0 Å². The summed E-state index contributed by atoms with van der Waals surface area (Å²) in [5.41, 5.74) is 5.23. The van der Waals surface area contributed by atoms with Crippen LogP contribution in [-0.4, -0.2) is 28.3 Å². The van der Waals surface area contributed by atoms with Crippen LogP contribution >= 0.6 is 0 Å². The van der Waals surface area contributed by atoms with Crippen LogP contribution in [-0.2, 0) is 8.85 Å². The largest absolute Gasteiger partial charge is 0.414 e. The molecule has 0 bridgehead atoms. The molecule has 4 aliphatic rings. The molecule has 4 heteroatoms. The molecule has 0 aromatic carbocycles. The van der Waals surface area contributed by atoms with E-state index in [1.807, 2.05) is 0 Å². The van der Waals surface area contributed by atoms with Crippen LogP contribution in [0, 0.1) is 46.3 Å². The Balaban J connectivity index is 1.46. The predicted molar refractivity (Wildman–Crippen MR) is 200 cm³/mol. The van der Waals surface area contributed by atoms with Gasteiger partial charge in [0.25, 0.3) is 0 Å². The first-order valence-corrected chi connectivity index (χ1v) is 24.2. The normalized spacial score (nSPS) is 31.6. The summed E-state index contributed by atoms with van der Waals surface area (Å²) in [6.45, 7) is 38.0. The third-order valence-electron chi connectivity index (χ3n) is 14.3. The lowest BCUT2D eigenvalue weighted by atomic mass is 9.50. The summed E-state index contributed by atoms with van der Waals surface area (Å²) in [5.74, 6) is 9.59. The second-order valence-corrected chi connectivity index (χ2v) is 28.7. The van der Waals surface area contributed by atoms with Gasteiger partial charge in [0.1, 0.15) is 5.60 Å². The number of hydrogen-bond acceptors (Lipinski definition) is 2. The average molecular weight is 651 g/mol. The lowest BCUT2D eigenvalue weighted by molar-refractivity contribution is 0.0646. The van der Waals surface area contributed by atoms with E-state index in [-0.39, 0.29) is 15.5 Å². The molecule has 45 heavy (non-hydrogen) atoms. The van der Waals surface area contributed by atoms with Crippen molar-refractivity contribution in [2.75, 3.05) is 0 Å². The van der Waals surface area contributed by atoms with Gasteiger partial charge in [-0.05, 0) is 123 Å². The van der Waals surface area contributed by atoms with Crippen LogP contribution in [0.25, 0.3) is 0 Å². The first-order chi connectivity index (χ1) is 20.4. The number of rotatable bonds is 8. The summed E-state index contributed by atoms with van der Waals surface area (Å²) in [6.07, 6.45) is 16.4. The molecule has 0 heterocycles. The highest BCUT2D eigenvalue weighted by Crippen LogP contribution is 2.64. The highest BCUT2D eigenvalue weighted by molar-refractivity contribution is 6.74. The molecule has 0 radical (unpaired) electrons. The minimum absolute atomic E-state index is 0.188. The molecule has 4 rings (SSSR count). The number of fused-ring (bicyclic) bond motifs is 5. The van der Waals surface area contributed by atoms with Crippen LogP contribution in [0.1, 0.15) is 128 Å². The van der Waals surface area contributed by atoms with Crippen LogP contribution in [0.15, 0.2) is 34.9 Å². The Bertz CT molecular complexity index is 1280. The monoisotopic (exact) mass is 650 g/mol. The molecule has 0 aliphatic heterocycles. The van der Waals surface area contributed by atoms with E-state index in [9.17, 15) is 0 Å². The number of hydrogen-bond donors (Lipinski definition) is 0. The van der Waals surface area contributed by atoms with Crippen molar-refractivity contribution in [1.82, 2.24) is 0 Å². The van der Waals surface area contributed by atoms with E-state index in [1.165, 1.54) is 32.1 Å². The van der Waals surface area contributed by atoms with Gasteiger partial charge in [-0.3, -0.25) is 0 Å². The van der Waals surface area contributed by atoms with Gasteiger partial charge in [0.15, 0.2) is 16.6 Å². The van der Waals surface area contributed by atoms with Gasteiger partial charge >= 0.3 is 0 Å². The first-order valence-electron chi connectivity index (χ1n) is 18.4. The van der Waals surface area contributed by atoms with Crippen LogP contribution in [0.5, 0.6) is 0 Å². The maximum absolute atomic E-state index is 7.10. The third kappa shape index (κ3) is 6.86. The lowest BCUT2D eigenvalue weighted by Crippen LogP contribution is -2.50. The predicted octanol–water partition coefficient (Wildman–Crippen LogP) is 12.3. The molecule has 6 atom stereocenters. The molecule has 2 nitrogen and oxygen atoms in total. The molecule has 0 spiro atoms. The maximum atomic E-state index is 7.10. The van der Waals surface area contributed by atoms with Crippen molar-refractivity contribution in [2.45, 2.75) is 176 Å². The van der Waals surface area contributed by atoms with Crippen LogP contribution in [0.4, 0.5) is 0 Å². The second kappa shape index (κ2) is 12.2. The summed E-state index contributed by atoms with van der Waals surface area (Å²) in [4.78, 5) is 0. The standard InChI is InChI=1S/C41H70O2Si2/c1-29(2)39(9,10)45(15,16)42-32-23-26-40(11)31(28-32)19-20-33-35-22-21-34(41(35,12)27-24-36(33)40)30(3)18-17-25-38(7,8)43-44(13,14)37(4,5)6/h19-21,29-30,32,35-36H,18,22-24,26-28H2,1-16H3/t30-,32+,35?,36?,40+,41-/m1/s1. The average Bonchev–Trinajstić information content (AvgIpc) is 3.24. The molecule has 0 amide bonds. The number of allylic oxidation sites excluding steroid dienone is 5. The van der Waals surface area contributed by atoms with Gasteiger partial charge in [-0.1, -0.05) is 116 Å². The van der Waals surface area contributed by atoms with Gasteiger partial charge in [0.2, 0.25) is 0 Å². The summed E-state index contributed by atoms with van der Waals surface area (Å²) < 4.78 is 13.8. The second-order valence-electron chi connectivity index (χ2n) is 19.4. The molecule has 254 valence electrons. The molecule has 2 fully saturated rings. The molecule has 4 aliphatic carbocycles. The highest BCUT2D eigenvalue weighted by Gasteiger charge is 2.55. The molecular weight excluding hydrogens is 581 g/mol. The fraction of sp³-hybridized carbons (Fsp3) is 0.805. The maximum Gasteiger partial charge on any atom is 0.194 e. The fourth-order valence-corrected chi connectivity index (χ4v) is 13.4. The Morgan fingerprint density at radius 1 is 0.867 bits per heavy atom. The van der Waals surface area contributed by atoms with Crippen molar-refractivity contribution in [3.05, 3.63) is 34.9 Å². The Morgan fingerprint density at radius 2 is 1.49 bits per heavy atom. The van der Waals surface area contributed by atoms with Crippen LogP contribution in [0.3, 0.4) is 0 Å². The molecule has 0 saturated heterocycles. The fourth-order valence-electron chi connectivity index (χ4n) is 9.06. The van der Waals surface area contributed by atoms with E-state index in [1.54, 1.807) is 16.7 Å². The van der Waals surface area contributed by atoms with Crippen LogP contribution < -0.4 is 0 Å². The molecular formula is C41H70O2Si2. The van der Waals surface area contributed by atoms with Crippen molar-refractivity contribution >= 4 is 16.6 Å². The summed E-state index contributed by atoms with van der Waals surface area (Å²) >= 11 is 0. The molecule has 2 saturated carbocycles. The Kier molecular flexibility index (Phi) is 10.0. The van der Waals surface area contributed by atoms with Gasteiger partial charge in [-0.2, -0.15) is 0 Å². The first kappa shape index (κ1) is 37.0. The third-order valence-corrected chi connectivity index (χ3v) is 23.5. The summed E-state index contributed by atoms with van der Waals surface area (Å²) in [7, 11) is -3.72. The lowest BCUT2D eigenvalue weighted by Gasteiger charge is -2.55. The smallest absolute Gasteiger partial charge is 0.194 e. The molecule has 0 N–H and O–H groups in total. The van der Waals surface area contributed by atoms with Gasteiger partial charge in [0, 0.05) is 12.5 Å². The zero-order chi connectivity index (χ0) is 34.0. The van der Waals surface area contributed by atoms with E-state index >= 15 is 0 Å². The van der Waals surface area contributed by atoms with E-state index in [2.05, 4.69) is 139 Å².